The molecular weight excluding hydrogens is 300 g/mol. The highest BCUT2D eigenvalue weighted by molar-refractivity contribution is 6.01. The Morgan fingerprint density at radius 2 is 1.87 bits per heavy atom. The summed E-state index contributed by atoms with van der Waals surface area (Å²) in [5, 5.41) is 2.79. The Bertz CT molecular complexity index is 623. The minimum absolute atomic E-state index is 0.0946. The van der Waals surface area contributed by atoms with Crippen molar-refractivity contribution in [2.75, 3.05) is 32.3 Å². The topological polar surface area (TPSA) is 77.1 Å². The van der Waals surface area contributed by atoms with Gasteiger partial charge in [-0.05, 0) is 18.8 Å². The maximum absolute atomic E-state index is 12.4. The minimum Gasteiger partial charge on any atom is -0.465 e. The van der Waals surface area contributed by atoms with Crippen LogP contribution in [0.1, 0.15) is 30.1 Å². The van der Waals surface area contributed by atoms with Crippen molar-refractivity contribution in [2.45, 2.75) is 19.8 Å². The number of likely N-dealkylation sites (tertiary alicyclic amines) is 1. The molecule has 2 amide bonds. The van der Waals surface area contributed by atoms with E-state index in [0.717, 1.165) is 12.8 Å². The number of hydrogen-bond donors (Lipinski definition) is 1. The summed E-state index contributed by atoms with van der Waals surface area (Å²) in [5.41, 5.74) is 0.611. The molecule has 124 valence electrons. The first kappa shape index (κ1) is 15.5. The van der Waals surface area contributed by atoms with Crippen molar-refractivity contribution in [2.24, 2.45) is 5.92 Å². The number of amides is 2. The van der Waals surface area contributed by atoms with Gasteiger partial charge in [0.1, 0.15) is 0 Å². The van der Waals surface area contributed by atoms with Crippen molar-refractivity contribution >= 4 is 17.7 Å². The molecule has 7 heteroatoms. The van der Waals surface area contributed by atoms with Crippen molar-refractivity contribution in [3.05, 3.63) is 17.7 Å². The molecule has 1 N–H and O–H groups in total. The number of ether oxygens (including phenoxy) is 3. The van der Waals surface area contributed by atoms with Gasteiger partial charge < -0.3 is 24.4 Å². The predicted molar refractivity (Wildman–Crippen MR) is 82.9 cm³/mol. The monoisotopic (exact) mass is 320 g/mol. The lowest BCUT2D eigenvalue weighted by Crippen LogP contribution is -2.40. The van der Waals surface area contributed by atoms with Gasteiger partial charge in [0.05, 0.1) is 18.4 Å². The van der Waals surface area contributed by atoms with Crippen LogP contribution in [0.3, 0.4) is 0 Å². The normalized spacial score (nSPS) is 17.0. The van der Waals surface area contributed by atoms with Gasteiger partial charge >= 0.3 is 12.0 Å². The zero-order valence-electron chi connectivity index (χ0n) is 13.3. The first-order chi connectivity index (χ1) is 11.1. The number of benzene rings is 1. The molecule has 0 aromatic heterocycles. The number of carbonyl (C=O) groups excluding carboxylic acids is 2. The predicted octanol–water partition coefficient (Wildman–Crippen LogP) is 2.47. The zero-order valence-corrected chi connectivity index (χ0v) is 13.3. The van der Waals surface area contributed by atoms with Crippen molar-refractivity contribution in [3.63, 3.8) is 0 Å². The van der Waals surface area contributed by atoms with E-state index in [2.05, 4.69) is 12.2 Å². The molecule has 1 saturated heterocycles. The molecule has 0 atom stereocenters. The number of urea groups is 1. The molecule has 0 spiro atoms. The molecule has 3 rings (SSSR count). The lowest BCUT2D eigenvalue weighted by molar-refractivity contribution is 0.0601. The number of carbonyl (C=O) groups is 2. The molecule has 0 radical (unpaired) electrons. The first-order valence-electron chi connectivity index (χ1n) is 7.66. The van der Waals surface area contributed by atoms with E-state index in [9.17, 15) is 9.59 Å². The number of nitrogens with one attached hydrogen (secondary N) is 1. The molecule has 1 aromatic carbocycles. The smallest absolute Gasteiger partial charge is 0.340 e. The van der Waals surface area contributed by atoms with Gasteiger partial charge in [-0.2, -0.15) is 0 Å². The van der Waals surface area contributed by atoms with Crippen LogP contribution in [0.15, 0.2) is 12.1 Å². The van der Waals surface area contributed by atoms with Gasteiger partial charge in [0, 0.05) is 25.2 Å². The third-order valence-corrected chi connectivity index (χ3v) is 4.23. The number of methoxy groups -OCH3 is 1. The van der Waals surface area contributed by atoms with E-state index in [-0.39, 0.29) is 18.4 Å². The molecule has 2 aliphatic rings. The Morgan fingerprint density at radius 3 is 2.52 bits per heavy atom. The molecule has 1 fully saturated rings. The van der Waals surface area contributed by atoms with Gasteiger partial charge in [-0.3, -0.25) is 0 Å². The second-order valence-electron chi connectivity index (χ2n) is 5.84. The largest absolute Gasteiger partial charge is 0.465 e. The summed E-state index contributed by atoms with van der Waals surface area (Å²) in [6.45, 7) is 3.70. The van der Waals surface area contributed by atoms with Gasteiger partial charge in [-0.1, -0.05) is 6.92 Å². The van der Waals surface area contributed by atoms with E-state index < -0.39 is 5.97 Å². The van der Waals surface area contributed by atoms with E-state index in [1.54, 1.807) is 11.0 Å². The summed E-state index contributed by atoms with van der Waals surface area (Å²) in [6, 6.07) is 2.90. The average molecular weight is 320 g/mol. The van der Waals surface area contributed by atoms with Crippen LogP contribution in [-0.4, -0.2) is 43.9 Å². The van der Waals surface area contributed by atoms with Crippen molar-refractivity contribution in [1.82, 2.24) is 4.90 Å². The van der Waals surface area contributed by atoms with Crippen LogP contribution in [0.4, 0.5) is 10.5 Å². The molecular formula is C16H20N2O5. The third-order valence-electron chi connectivity index (χ3n) is 4.23. The average Bonchev–Trinajstić information content (AvgIpc) is 3.01. The third kappa shape index (κ3) is 3.18. The van der Waals surface area contributed by atoms with Crippen LogP contribution in [0.25, 0.3) is 0 Å². The van der Waals surface area contributed by atoms with E-state index in [1.807, 2.05) is 0 Å². The highest BCUT2D eigenvalue weighted by Gasteiger charge is 2.25. The maximum atomic E-state index is 12.4. The number of anilines is 1. The quantitative estimate of drug-likeness (QED) is 0.847. The van der Waals surface area contributed by atoms with Crippen molar-refractivity contribution in [3.8, 4) is 11.5 Å². The summed E-state index contributed by atoms with van der Waals surface area (Å²) in [4.78, 5) is 26.1. The number of hydrogen-bond acceptors (Lipinski definition) is 5. The molecule has 0 saturated carbocycles. The van der Waals surface area contributed by atoms with Crippen LogP contribution in [0, 0.1) is 5.92 Å². The maximum Gasteiger partial charge on any atom is 0.340 e. The molecule has 0 bridgehead atoms. The lowest BCUT2D eigenvalue weighted by atomic mass is 10.00. The van der Waals surface area contributed by atoms with Gasteiger partial charge in [-0.15, -0.1) is 0 Å². The molecule has 2 heterocycles. The molecule has 7 nitrogen and oxygen atoms in total. The van der Waals surface area contributed by atoms with Crippen LogP contribution in [0.5, 0.6) is 11.5 Å². The summed E-state index contributed by atoms with van der Waals surface area (Å²) >= 11 is 0. The standard InChI is InChI=1S/C16H20N2O5/c1-10-3-5-18(6-4-10)16(20)17-12-8-14-13(22-9-23-14)7-11(12)15(19)21-2/h7-8,10H,3-6,9H2,1-2H3,(H,17,20). The van der Waals surface area contributed by atoms with Crippen LogP contribution >= 0.6 is 0 Å². The second kappa shape index (κ2) is 6.36. The van der Waals surface area contributed by atoms with E-state index in [0.29, 0.717) is 36.2 Å². The van der Waals surface area contributed by atoms with E-state index >= 15 is 0 Å². The van der Waals surface area contributed by atoms with E-state index in [4.69, 9.17) is 14.2 Å². The van der Waals surface area contributed by atoms with Gasteiger partial charge in [0.2, 0.25) is 6.79 Å². The molecule has 2 aliphatic heterocycles. The Labute approximate surface area is 134 Å². The lowest BCUT2D eigenvalue weighted by Gasteiger charge is -2.30. The fourth-order valence-corrected chi connectivity index (χ4v) is 2.73. The van der Waals surface area contributed by atoms with Gasteiger partial charge in [0.25, 0.3) is 0 Å². The highest BCUT2D eigenvalue weighted by Crippen LogP contribution is 2.37. The van der Waals surface area contributed by atoms with Gasteiger partial charge in [-0.25, -0.2) is 9.59 Å². The van der Waals surface area contributed by atoms with Crippen LogP contribution in [-0.2, 0) is 4.74 Å². The number of fused-ring (bicyclic) bond motifs is 1. The Hall–Kier alpha value is -2.44. The number of piperidine rings is 1. The molecule has 1 aromatic rings. The Kier molecular flexibility index (Phi) is 4.27. The number of rotatable bonds is 2. The second-order valence-corrected chi connectivity index (χ2v) is 5.84. The van der Waals surface area contributed by atoms with Crippen LogP contribution < -0.4 is 14.8 Å². The summed E-state index contributed by atoms with van der Waals surface area (Å²) in [6.07, 6.45) is 1.97. The van der Waals surface area contributed by atoms with Crippen LogP contribution in [0.2, 0.25) is 0 Å². The van der Waals surface area contributed by atoms with Gasteiger partial charge in [0.15, 0.2) is 11.5 Å². The Balaban J connectivity index is 1.81. The summed E-state index contributed by atoms with van der Waals surface area (Å²) in [7, 11) is 1.30. The SMILES string of the molecule is COC(=O)c1cc2c(cc1NC(=O)N1CCC(C)CC1)OCO2. The minimum atomic E-state index is -0.536. The molecule has 0 unspecified atom stereocenters. The first-order valence-corrected chi connectivity index (χ1v) is 7.66. The summed E-state index contributed by atoms with van der Waals surface area (Å²) in [5.74, 6) is 1.07. The fourth-order valence-electron chi connectivity index (χ4n) is 2.73. The fraction of sp³-hybridized carbons (Fsp3) is 0.500. The Morgan fingerprint density at radius 1 is 1.22 bits per heavy atom. The summed E-state index contributed by atoms with van der Waals surface area (Å²) < 4.78 is 15.4. The van der Waals surface area contributed by atoms with Crippen molar-refractivity contribution < 1.29 is 23.8 Å². The molecule has 23 heavy (non-hydrogen) atoms. The zero-order chi connectivity index (χ0) is 16.4. The molecule has 0 aliphatic carbocycles. The van der Waals surface area contributed by atoms with Crippen molar-refractivity contribution in [1.29, 1.82) is 0 Å². The number of esters is 1. The highest BCUT2D eigenvalue weighted by atomic mass is 16.7. The number of nitrogens with zero attached hydrogens (tertiary/aromatic N) is 1. The van der Waals surface area contributed by atoms with E-state index in [1.165, 1.54) is 13.2 Å².